The van der Waals surface area contributed by atoms with Gasteiger partial charge in [0.15, 0.2) is 6.61 Å². The van der Waals surface area contributed by atoms with Crippen molar-refractivity contribution in [2.24, 2.45) is 29.1 Å². The molecule has 0 aromatic rings. The van der Waals surface area contributed by atoms with Crippen LogP contribution >= 0.6 is 0 Å². The zero-order valence-electron chi connectivity index (χ0n) is 18.7. The standard InChI is InChI=1S/C23H32O8/c1-5-22(2,3)21(27)28-11-14(24)29-17-13-10-12-15(19(25)30-18(12)17)16(13)20(26)31-23(4)8-6-7-9-23/h12-13,15-18H,5-11H2,1-4H3. The first kappa shape index (κ1) is 22.1. The van der Waals surface area contributed by atoms with E-state index >= 15 is 0 Å². The van der Waals surface area contributed by atoms with E-state index < -0.39 is 65.5 Å². The minimum Gasteiger partial charge on any atom is -0.459 e. The van der Waals surface area contributed by atoms with Crippen LogP contribution in [0.15, 0.2) is 0 Å². The zero-order valence-corrected chi connectivity index (χ0v) is 18.7. The van der Waals surface area contributed by atoms with E-state index in [9.17, 15) is 19.2 Å². The zero-order chi connectivity index (χ0) is 22.6. The molecular weight excluding hydrogens is 404 g/mol. The second kappa shape index (κ2) is 7.78. The van der Waals surface area contributed by atoms with Crippen LogP contribution in [-0.4, -0.2) is 48.3 Å². The third-order valence-electron chi connectivity index (χ3n) is 7.85. The monoisotopic (exact) mass is 436 g/mol. The average Bonchev–Trinajstić information content (AvgIpc) is 3.43. The van der Waals surface area contributed by atoms with E-state index in [1.54, 1.807) is 13.8 Å². The van der Waals surface area contributed by atoms with E-state index in [0.29, 0.717) is 12.8 Å². The molecule has 4 rings (SSSR count). The molecule has 0 aromatic carbocycles. The lowest BCUT2D eigenvalue weighted by atomic mass is 9.78. The average molecular weight is 437 g/mol. The second-order valence-electron chi connectivity index (χ2n) is 10.4. The Labute approximate surface area is 182 Å². The van der Waals surface area contributed by atoms with Crippen molar-refractivity contribution in [3.8, 4) is 0 Å². The van der Waals surface area contributed by atoms with Crippen LogP contribution < -0.4 is 0 Å². The van der Waals surface area contributed by atoms with Gasteiger partial charge in [0.25, 0.3) is 0 Å². The van der Waals surface area contributed by atoms with Gasteiger partial charge in [-0.1, -0.05) is 6.92 Å². The fraction of sp³-hybridized carbons (Fsp3) is 0.826. The molecule has 6 atom stereocenters. The molecule has 4 fully saturated rings. The number of esters is 4. The van der Waals surface area contributed by atoms with Gasteiger partial charge < -0.3 is 18.9 Å². The number of carbonyl (C=O) groups is 4. The highest BCUT2D eigenvalue weighted by Crippen LogP contribution is 2.59. The normalized spacial score (nSPS) is 35.0. The molecule has 0 aromatic heterocycles. The molecular formula is C23H32O8. The highest BCUT2D eigenvalue weighted by Gasteiger charge is 2.70. The first-order valence-corrected chi connectivity index (χ1v) is 11.4. The number of fused-ring (bicyclic) bond motifs is 1. The molecule has 8 nitrogen and oxygen atoms in total. The maximum atomic E-state index is 13.1. The van der Waals surface area contributed by atoms with Crippen LogP contribution in [0.25, 0.3) is 0 Å². The summed E-state index contributed by atoms with van der Waals surface area (Å²) < 4.78 is 22.1. The Morgan fingerprint density at radius 1 is 1.16 bits per heavy atom. The summed E-state index contributed by atoms with van der Waals surface area (Å²) in [4.78, 5) is 50.1. The molecule has 0 amide bonds. The molecule has 0 N–H and O–H groups in total. The third-order valence-corrected chi connectivity index (χ3v) is 7.85. The fourth-order valence-electron chi connectivity index (χ4n) is 5.65. The Balaban J connectivity index is 1.41. The van der Waals surface area contributed by atoms with Gasteiger partial charge >= 0.3 is 23.9 Å². The highest BCUT2D eigenvalue weighted by atomic mass is 16.6. The van der Waals surface area contributed by atoms with E-state index in [4.69, 9.17) is 18.9 Å². The van der Waals surface area contributed by atoms with Crippen LogP contribution in [-0.2, 0) is 38.1 Å². The van der Waals surface area contributed by atoms with Gasteiger partial charge in [0.2, 0.25) is 0 Å². The smallest absolute Gasteiger partial charge is 0.344 e. The van der Waals surface area contributed by atoms with E-state index in [2.05, 4.69) is 0 Å². The van der Waals surface area contributed by atoms with Crippen molar-refractivity contribution >= 4 is 23.9 Å². The third kappa shape index (κ3) is 3.82. The van der Waals surface area contributed by atoms with Gasteiger partial charge in [-0.25, -0.2) is 4.79 Å². The van der Waals surface area contributed by atoms with Gasteiger partial charge in [0.05, 0.1) is 17.3 Å². The highest BCUT2D eigenvalue weighted by molar-refractivity contribution is 5.86. The van der Waals surface area contributed by atoms with E-state index in [0.717, 1.165) is 25.7 Å². The molecule has 2 bridgehead atoms. The van der Waals surface area contributed by atoms with Gasteiger partial charge in [-0.05, 0) is 59.3 Å². The summed E-state index contributed by atoms with van der Waals surface area (Å²) in [6.07, 6.45) is 3.56. The van der Waals surface area contributed by atoms with Crippen LogP contribution in [0.5, 0.6) is 0 Å². The van der Waals surface area contributed by atoms with Gasteiger partial charge in [-0.15, -0.1) is 0 Å². The van der Waals surface area contributed by atoms with Crippen molar-refractivity contribution in [1.29, 1.82) is 0 Å². The lowest BCUT2D eigenvalue weighted by molar-refractivity contribution is -0.177. The van der Waals surface area contributed by atoms with E-state index in [1.807, 2.05) is 13.8 Å². The Hall–Kier alpha value is -2.12. The predicted molar refractivity (Wildman–Crippen MR) is 106 cm³/mol. The Bertz CT molecular complexity index is 780. The molecule has 1 aliphatic heterocycles. The summed E-state index contributed by atoms with van der Waals surface area (Å²) >= 11 is 0. The van der Waals surface area contributed by atoms with E-state index in [-0.39, 0.29) is 11.8 Å². The largest absolute Gasteiger partial charge is 0.459 e. The molecule has 1 saturated heterocycles. The summed E-state index contributed by atoms with van der Waals surface area (Å²) in [7, 11) is 0. The number of rotatable bonds is 7. The summed E-state index contributed by atoms with van der Waals surface area (Å²) in [6.45, 7) is 6.79. The Kier molecular flexibility index (Phi) is 5.54. The molecule has 8 heteroatoms. The maximum Gasteiger partial charge on any atom is 0.344 e. The summed E-state index contributed by atoms with van der Waals surface area (Å²) in [5.41, 5.74) is -1.18. The lowest BCUT2D eigenvalue weighted by Gasteiger charge is -2.33. The van der Waals surface area contributed by atoms with Crippen molar-refractivity contribution < 1.29 is 38.1 Å². The molecule has 3 saturated carbocycles. The Morgan fingerprint density at radius 2 is 1.84 bits per heavy atom. The van der Waals surface area contributed by atoms with Gasteiger partial charge in [-0.2, -0.15) is 0 Å². The lowest BCUT2D eigenvalue weighted by Crippen LogP contribution is -2.45. The van der Waals surface area contributed by atoms with Crippen LogP contribution in [0.4, 0.5) is 0 Å². The molecule has 31 heavy (non-hydrogen) atoms. The minimum atomic E-state index is -0.716. The van der Waals surface area contributed by atoms with Crippen LogP contribution in [0.3, 0.4) is 0 Å². The van der Waals surface area contributed by atoms with Crippen molar-refractivity contribution in [2.45, 2.75) is 84.0 Å². The number of carbonyl (C=O) groups excluding carboxylic acids is 4. The number of hydrogen-bond acceptors (Lipinski definition) is 8. The summed E-state index contributed by atoms with van der Waals surface area (Å²) in [5, 5.41) is 0. The van der Waals surface area contributed by atoms with Gasteiger partial charge in [0, 0.05) is 11.8 Å². The molecule has 6 unspecified atom stereocenters. The van der Waals surface area contributed by atoms with Gasteiger partial charge in [-0.3, -0.25) is 14.4 Å². The maximum absolute atomic E-state index is 13.1. The first-order chi connectivity index (χ1) is 14.6. The van der Waals surface area contributed by atoms with Gasteiger partial charge in [0.1, 0.15) is 17.8 Å². The Morgan fingerprint density at radius 3 is 2.48 bits per heavy atom. The predicted octanol–water partition coefficient (Wildman–Crippen LogP) is 2.56. The molecule has 0 spiro atoms. The van der Waals surface area contributed by atoms with Crippen LogP contribution in [0.1, 0.15) is 66.2 Å². The minimum absolute atomic E-state index is 0.147. The van der Waals surface area contributed by atoms with Crippen molar-refractivity contribution in [2.75, 3.05) is 6.61 Å². The second-order valence-corrected chi connectivity index (χ2v) is 10.4. The quantitative estimate of drug-likeness (QED) is 0.443. The van der Waals surface area contributed by atoms with Crippen LogP contribution in [0.2, 0.25) is 0 Å². The van der Waals surface area contributed by atoms with Crippen LogP contribution in [0, 0.1) is 29.1 Å². The molecule has 172 valence electrons. The topological polar surface area (TPSA) is 105 Å². The SMILES string of the molecule is CCC(C)(C)C(=O)OCC(=O)OC1C2CC3C1OC(=O)C3C2C(=O)OC1(C)CCCC1. The van der Waals surface area contributed by atoms with Crippen molar-refractivity contribution in [3.63, 3.8) is 0 Å². The number of ether oxygens (including phenoxy) is 4. The van der Waals surface area contributed by atoms with Crippen molar-refractivity contribution in [1.82, 2.24) is 0 Å². The van der Waals surface area contributed by atoms with Crippen molar-refractivity contribution in [3.05, 3.63) is 0 Å². The summed E-state index contributed by atoms with van der Waals surface area (Å²) in [6, 6.07) is 0. The molecule has 4 aliphatic rings. The molecule has 0 radical (unpaired) electrons. The first-order valence-electron chi connectivity index (χ1n) is 11.4. The van der Waals surface area contributed by atoms with E-state index in [1.165, 1.54) is 0 Å². The molecule has 3 aliphatic carbocycles. The molecule has 1 heterocycles. The summed E-state index contributed by atoms with van der Waals surface area (Å²) in [5.74, 6) is -3.63. The fourth-order valence-corrected chi connectivity index (χ4v) is 5.65. The number of hydrogen-bond donors (Lipinski definition) is 0.